The van der Waals surface area contributed by atoms with Crippen molar-refractivity contribution in [1.82, 2.24) is 0 Å². The van der Waals surface area contributed by atoms with Crippen LogP contribution in [-0.4, -0.2) is 68.1 Å². The molecule has 7 rings (SSSR count). The largest absolute Gasteiger partial charge is 1.00 e. The van der Waals surface area contributed by atoms with Gasteiger partial charge in [-0.3, -0.25) is 35.5 Å². The first kappa shape index (κ1) is 54.9. The Morgan fingerprint density at radius 3 is 1.94 bits per heavy atom. The Morgan fingerprint density at radius 2 is 1.30 bits per heavy atom. The Labute approximate surface area is 445 Å². The minimum absolute atomic E-state index is 0. The van der Waals surface area contributed by atoms with Gasteiger partial charge >= 0.3 is 88.7 Å². The topological polar surface area (TPSA) is 353 Å². The van der Waals surface area contributed by atoms with E-state index in [1.54, 1.807) is 18.2 Å². The van der Waals surface area contributed by atoms with Gasteiger partial charge in [0.1, 0.15) is 41.4 Å². The zero-order valence-corrected chi connectivity index (χ0v) is 43.6. The Bertz CT molecular complexity index is 3520. The number of nitrogens with zero attached hydrogens (tertiary/aromatic N) is 7. The molecule has 1 heterocycles. The van der Waals surface area contributed by atoms with Crippen LogP contribution in [0.1, 0.15) is 22.8 Å². The molecule has 0 saturated heterocycles. The van der Waals surface area contributed by atoms with Crippen LogP contribution in [-0.2, 0) is 35.1 Å². The van der Waals surface area contributed by atoms with E-state index in [4.69, 9.17) is 0 Å². The molecule has 0 spiro atoms. The van der Waals surface area contributed by atoms with Gasteiger partial charge in [0.2, 0.25) is 16.6 Å². The summed E-state index contributed by atoms with van der Waals surface area (Å²) in [5, 5.41) is 23.7. The zero-order chi connectivity index (χ0) is 46.1. The van der Waals surface area contributed by atoms with E-state index in [-0.39, 0.29) is 117 Å². The van der Waals surface area contributed by atoms with Crippen LogP contribution < -0.4 is 132 Å². The van der Waals surface area contributed by atoms with Crippen molar-refractivity contribution in [3.63, 3.8) is 0 Å². The molecule has 0 saturated carbocycles. The number of nitrogens with one attached hydrogen (secondary N) is 3. The van der Waals surface area contributed by atoms with Crippen LogP contribution in [0.4, 0.5) is 28.4 Å². The molecule has 0 radical (unpaired) electrons. The summed E-state index contributed by atoms with van der Waals surface area (Å²) in [6.45, 7) is 1.52. The molecule has 1 aliphatic heterocycles. The predicted octanol–water partition coefficient (Wildman–Crippen LogP) is -7.62. The molecule has 23 nitrogen and oxygen atoms in total. The first-order valence-electron chi connectivity index (χ1n) is 17.8. The number of rotatable bonds is 12. The summed E-state index contributed by atoms with van der Waals surface area (Å²) in [6, 6.07) is 20.4. The van der Waals surface area contributed by atoms with Gasteiger partial charge in [-0.2, -0.15) is 35.6 Å². The number of allylic oxidation sites excluding steroid dienone is 1. The van der Waals surface area contributed by atoms with Crippen LogP contribution >= 0.6 is 0 Å². The SMILES string of the molecule is CC1=NN(c2cccc(NN=c3c(=O)ccc(=NNc4cc(S(=O)(=O)[O-])cc5c4C(=O)C(=NNc4ccccc4)C(S(=O)(=O)[O-])=C5)c3=O)c2)C(=O)C1N=Nc1ccc(S(=O)(=O)[O-])cc1.[Na+].[Na+].[Na+]. The first-order chi connectivity index (χ1) is 30.2. The number of carbonyl (C=O) groups is 2. The van der Waals surface area contributed by atoms with Gasteiger partial charge in [0, 0.05) is 0 Å². The molecule has 326 valence electrons. The molecule has 1 atom stereocenters. The number of para-hydroxylation sites is 1. The number of anilines is 4. The van der Waals surface area contributed by atoms with Gasteiger partial charge in [0.15, 0.2) is 11.4 Å². The molecule has 29 heteroatoms. The Balaban J connectivity index is 0.00000327. The van der Waals surface area contributed by atoms with Gasteiger partial charge < -0.3 is 13.7 Å². The van der Waals surface area contributed by atoms with Gasteiger partial charge in [-0.05, 0) is 97.4 Å². The second kappa shape index (κ2) is 22.1. The molecule has 67 heavy (non-hydrogen) atoms. The Morgan fingerprint density at radius 1 is 0.657 bits per heavy atom. The fourth-order valence-electron chi connectivity index (χ4n) is 5.97. The molecule has 5 aromatic carbocycles. The third kappa shape index (κ3) is 12.7. The molecule has 0 bridgehead atoms. The maximum atomic E-state index is 13.8. The van der Waals surface area contributed by atoms with Gasteiger partial charge in [0.25, 0.3) is 5.91 Å². The third-order valence-corrected chi connectivity index (χ3v) is 11.5. The quantitative estimate of drug-likeness (QED) is 0.0452. The number of hydrazone groups is 2. The van der Waals surface area contributed by atoms with E-state index in [0.717, 1.165) is 29.3 Å². The maximum Gasteiger partial charge on any atom is 1.00 e. The molecular weight excluding hydrogens is 970 g/mol. The van der Waals surface area contributed by atoms with E-state index in [0.29, 0.717) is 18.2 Å². The number of benzene rings is 5. The van der Waals surface area contributed by atoms with E-state index in [9.17, 15) is 58.1 Å². The standard InChI is InChI=1S/C38H28N10O13S3.3Na/c1-20-33(44-40-23-10-12-26(13-11-23)62(53,54)55)38(52)48(47-20)25-9-5-8-24(18-25)41-45-34-30(49)15-14-28(36(34)50)42-43-29-19-27(63(56,57)58)16-21-17-31(64(59,60)61)35(37(51)32(21)29)46-39-22-6-3-2-4-7-22;;;/h2-19,33,39,41,43H,1H3,(H,53,54,55)(H,56,57,58)(H,59,60,61);;;/q;3*+1/p-3. The van der Waals surface area contributed by atoms with Gasteiger partial charge in [-0.1, -0.05) is 24.3 Å². The summed E-state index contributed by atoms with van der Waals surface area (Å²) in [5.74, 6) is -1.84. The fraction of sp³-hybridized carbons (Fsp3) is 0.0526. The summed E-state index contributed by atoms with van der Waals surface area (Å²) in [7, 11) is -15.4. The van der Waals surface area contributed by atoms with Crippen molar-refractivity contribution in [3.8, 4) is 0 Å². The average Bonchev–Trinajstić information content (AvgIpc) is 3.53. The minimum Gasteiger partial charge on any atom is -0.744 e. The molecule has 1 amide bonds. The molecule has 5 aromatic rings. The van der Waals surface area contributed by atoms with Crippen molar-refractivity contribution in [1.29, 1.82) is 0 Å². The molecule has 3 N–H and O–H groups in total. The number of fused-ring (bicyclic) bond motifs is 1. The van der Waals surface area contributed by atoms with Crippen molar-refractivity contribution >= 4 is 88.0 Å². The molecule has 2 aliphatic rings. The van der Waals surface area contributed by atoms with Crippen LogP contribution in [0.25, 0.3) is 6.08 Å². The van der Waals surface area contributed by atoms with Crippen LogP contribution in [0.3, 0.4) is 0 Å². The smallest absolute Gasteiger partial charge is 0.744 e. The third-order valence-electron chi connectivity index (χ3n) is 9.00. The van der Waals surface area contributed by atoms with Crippen molar-refractivity contribution in [2.45, 2.75) is 22.8 Å². The number of Topliss-reactive ketones (excluding diaryl/α,β-unsaturated/α-hetero) is 1. The number of carbonyl (C=O) groups excluding carboxylic acids is 2. The summed E-state index contributed by atoms with van der Waals surface area (Å²) >= 11 is 0. The molecular formula is C38H25N10Na3O13S3. The first-order valence-corrected chi connectivity index (χ1v) is 22.1. The van der Waals surface area contributed by atoms with E-state index in [1.807, 2.05) is 0 Å². The fourth-order valence-corrected chi connectivity index (χ4v) is 7.62. The molecule has 1 aliphatic carbocycles. The monoisotopic (exact) mass is 994 g/mol. The van der Waals surface area contributed by atoms with Crippen LogP contribution in [0, 0.1) is 0 Å². The predicted molar refractivity (Wildman–Crippen MR) is 223 cm³/mol. The number of hydrogen-bond donors (Lipinski definition) is 3. The maximum absolute atomic E-state index is 13.8. The number of hydrogen-bond acceptors (Lipinski definition) is 22. The van der Waals surface area contributed by atoms with Gasteiger partial charge in [-0.25, -0.2) is 25.3 Å². The summed E-state index contributed by atoms with van der Waals surface area (Å²) in [6.07, 6.45) is 0.655. The number of amides is 1. The average molecular weight is 995 g/mol. The summed E-state index contributed by atoms with van der Waals surface area (Å²) < 4.78 is 107. The minimum atomic E-state index is -5.43. The Kier molecular flexibility index (Phi) is 18.1. The van der Waals surface area contributed by atoms with Gasteiger partial charge in [-0.15, -0.1) is 0 Å². The summed E-state index contributed by atoms with van der Waals surface area (Å²) in [4.78, 5) is 50.9. The molecule has 0 aromatic heterocycles. The van der Waals surface area contributed by atoms with Crippen molar-refractivity contribution in [3.05, 3.63) is 150 Å². The summed E-state index contributed by atoms with van der Waals surface area (Å²) in [5.41, 5.74) is 4.00. The molecule has 0 fully saturated rings. The van der Waals surface area contributed by atoms with Crippen molar-refractivity contribution < 1.29 is 137 Å². The van der Waals surface area contributed by atoms with Gasteiger partial charge in [0.05, 0.1) is 54.4 Å². The second-order valence-electron chi connectivity index (χ2n) is 13.3. The zero-order valence-electron chi connectivity index (χ0n) is 35.1. The molecule has 1 unspecified atom stereocenters. The van der Waals surface area contributed by atoms with E-state index < -0.39 is 107 Å². The second-order valence-corrected chi connectivity index (χ2v) is 17.4. The van der Waals surface area contributed by atoms with E-state index in [2.05, 4.69) is 46.9 Å². The van der Waals surface area contributed by atoms with E-state index in [1.165, 1.54) is 55.5 Å². The number of ketones is 1. The Hall–Kier alpha value is -4.75. The normalized spacial score (nSPS) is 16.1. The van der Waals surface area contributed by atoms with Crippen LogP contribution in [0.15, 0.2) is 158 Å². The van der Waals surface area contributed by atoms with Crippen molar-refractivity contribution in [2.75, 3.05) is 21.3 Å². The van der Waals surface area contributed by atoms with Crippen molar-refractivity contribution in [2.24, 2.45) is 30.6 Å². The van der Waals surface area contributed by atoms with Crippen LogP contribution in [0.5, 0.6) is 0 Å². The number of azo groups is 1. The van der Waals surface area contributed by atoms with E-state index >= 15 is 0 Å². The van der Waals surface area contributed by atoms with Crippen LogP contribution in [0.2, 0.25) is 0 Å².